The molecule has 2 aromatic rings. The fraction of sp³-hybridized carbons (Fsp3) is 0.400. The molecule has 1 heterocycles. The fourth-order valence-corrected chi connectivity index (χ4v) is 2.76. The number of rotatable bonds is 5. The van der Waals surface area contributed by atoms with Crippen LogP contribution in [0.25, 0.3) is 11.5 Å². The Morgan fingerprint density at radius 2 is 1.70 bits per heavy atom. The summed E-state index contributed by atoms with van der Waals surface area (Å²) in [4.78, 5) is 11.8. The summed E-state index contributed by atoms with van der Waals surface area (Å²) in [6.45, 7) is 6.76. The molecule has 23 heavy (non-hydrogen) atoms. The Morgan fingerprint density at radius 1 is 1.09 bits per heavy atom. The quantitative estimate of drug-likeness (QED) is 0.899. The van der Waals surface area contributed by atoms with Gasteiger partial charge in [-0.25, -0.2) is 8.42 Å². The second-order valence-electron chi connectivity index (χ2n) is 5.67. The predicted molar refractivity (Wildman–Crippen MR) is 85.5 cm³/mol. The summed E-state index contributed by atoms with van der Waals surface area (Å²) in [5, 5.41) is 9.61. The number of nitrogens with zero attached hydrogens (tertiary/aromatic N) is 2. The Morgan fingerprint density at radius 3 is 2.22 bits per heavy atom. The van der Waals surface area contributed by atoms with Crippen LogP contribution in [0, 0.1) is 5.92 Å². The van der Waals surface area contributed by atoms with E-state index < -0.39 is 15.1 Å². The van der Waals surface area contributed by atoms with E-state index in [-0.39, 0.29) is 28.6 Å². The van der Waals surface area contributed by atoms with Crippen LogP contribution in [-0.4, -0.2) is 29.8 Å². The molecule has 1 aromatic carbocycles. The number of benzene rings is 1. The fourth-order valence-electron chi connectivity index (χ4n) is 1.70. The highest BCUT2D eigenvalue weighted by Gasteiger charge is 2.19. The number of nitrogens with one attached hydrogen (secondary N) is 1. The molecule has 0 bridgehead atoms. The van der Waals surface area contributed by atoms with Crippen molar-refractivity contribution >= 4 is 21.8 Å². The first-order chi connectivity index (χ1) is 10.7. The molecule has 2 rings (SSSR count). The van der Waals surface area contributed by atoms with Gasteiger partial charge in [-0.05, 0) is 38.1 Å². The number of anilines is 1. The summed E-state index contributed by atoms with van der Waals surface area (Å²) < 4.78 is 29.5. The summed E-state index contributed by atoms with van der Waals surface area (Å²) in [7, 11) is -3.32. The van der Waals surface area contributed by atoms with E-state index in [1.807, 2.05) is 0 Å². The normalized spacial score (nSPS) is 11.9. The number of hydrogen-bond acceptors (Lipinski definition) is 6. The van der Waals surface area contributed by atoms with Crippen LogP contribution < -0.4 is 5.32 Å². The average Bonchev–Trinajstić information content (AvgIpc) is 2.95. The van der Waals surface area contributed by atoms with Gasteiger partial charge in [-0.2, -0.15) is 0 Å². The second kappa shape index (κ2) is 6.49. The van der Waals surface area contributed by atoms with Crippen molar-refractivity contribution in [3.63, 3.8) is 0 Å². The first-order valence-corrected chi connectivity index (χ1v) is 8.75. The van der Waals surface area contributed by atoms with Crippen molar-refractivity contribution in [2.45, 2.75) is 37.8 Å². The third-order valence-corrected chi connectivity index (χ3v) is 5.40. The number of amides is 1. The lowest BCUT2D eigenvalue weighted by Crippen LogP contribution is -2.17. The van der Waals surface area contributed by atoms with Gasteiger partial charge in [0.2, 0.25) is 11.8 Å². The minimum atomic E-state index is -3.32. The lowest BCUT2D eigenvalue weighted by Gasteiger charge is -2.07. The second-order valence-corrected chi connectivity index (χ2v) is 8.18. The molecule has 0 spiro atoms. The third kappa shape index (κ3) is 3.76. The Balaban J connectivity index is 2.21. The Kier molecular flexibility index (Phi) is 4.84. The monoisotopic (exact) mass is 337 g/mol. The van der Waals surface area contributed by atoms with Crippen LogP contribution in [0.15, 0.2) is 33.6 Å². The summed E-state index contributed by atoms with van der Waals surface area (Å²) in [5.41, 5.74) is 0.574. The molecule has 1 aromatic heterocycles. The molecular weight excluding hydrogens is 318 g/mol. The SMILES string of the molecule is CC(C)C(=O)Nc1nnc(-c2ccc(S(=O)(=O)C(C)C)cc2)o1. The minimum Gasteiger partial charge on any atom is -0.403 e. The van der Waals surface area contributed by atoms with Crippen LogP contribution in [0.3, 0.4) is 0 Å². The third-order valence-electron chi connectivity index (χ3n) is 3.23. The van der Waals surface area contributed by atoms with E-state index in [2.05, 4.69) is 15.5 Å². The zero-order valence-electron chi connectivity index (χ0n) is 13.4. The topological polar surface area (TPSA) is 102 Å². The maximum Gasteiger partial charge on any atom is 0.322 e. The highest BCUT2D eigenvalue weighted by molar-refractivity contribution is 7.92. The zero-order valence-corrected chi connectivity index (χ0v) is 14.2. The molecule has 0 aliphatic heterocycles. The van der Waals surface area contributed by atoms with Gasteiger partial charge in [0.25, 0.3) is 0 Å². The van der Waals surface area contributed by atoms with E-state index in [1.54, 1.807) is 39.8 Å². The molecule has 0 atom stereocenters. The van der Waals surface area contributed by atoms with Gasteiger partial charge in [-0.3, -0.25) is 10.1 Å². The van der Waals surface area contributed by atoms with Gasteiger partial charge in [0.15, 0.2) is 9.84 Å². The first-order valence-electron chi connectivity index (χ1n) is 7.20. The average molecular weight is 337 g/mol. The molecule has 0 radical (unpaired) electrons. The first kappa shape index (κ1) is 17.1. The molecule has 0 unspecified atom stereocenters. The molecule has 0 saturated carbocycles. The molecule has 0 fully saturated rings. The Bertz CT molecular complexity index is 792. The van der Waals surface area contributed by atoms with Crippen LogP contribution in [0.1, 0.15) is 27.7 Å². The van der Waals surface area contributed by atoms with Crippen molar-refractivity contribution in [1.82, 2.24) is 10.2 Å². The highest BCUT2D eigenvalue weighted by Crippen LogP contribution is 2.23. The molecule has 0 aliphatic carbocycles. The van der Waals surface area contributed by atoms with Gasteiger partial charge in [0.05, 0.1) is 10.1 Å². The number of aromatic nitrogens is 2. The lowest BCUT2D eigenvalue weighted by molar-refractivity contribution is -0.119. The van der Waals surface area contributed by atoms with Crippen molar-refractivity contribution in [3.8, 4) is 11.5 Å². The van der Waals surface area contributed by atoms with E-state index in [1.165, 1.54) is 12.1 Å². The van der Waals surface area contributed by atoms with Crippen LogP contribution >= 0.6 is 0 Å². The summed E-state index contributed by atoms with van der Waals surface area (Å²) in [6, 6.07) is 6.20. The van der Waals surface area contributed by atoms with E-state index in [9.17, 15) is 13.2 Å². The van der Waals surface area contributed by atoms with E-state index in [0.717, 1.165) is 0 Å². The maximum atomic E-state index is 12.1. The van der Waals surface area contributed by atoms with Gasteiger partial charge in [0, 0.05) is 11.5 Å². The van der Waals surface area contributed by atoms with E-state index >= 15 is 0 Å². The molecular formula is C15H19N3O4S. The molecule has 0 saturated heterocycles. The van der Waals surface area contributed by atoms with Crippen molar-refractivity contribution in [2.75, 3.05) is 5.32 Å². The Hall–Kier alpha value is -2.22. The molecule has 1 amide bonds. The molecule has 124 valence electrons. The van der Waals surface area contributed by atoms with Gasteiger partial charge in [0.1, 0.15) is 0 Å². The van der Waals surface area contributed by atoms with E-state index in [4.69, 9.17) is 4.42 Å². The van der Waals surface area contributed by atoms with Crippen molar-refractivity contribution < 1.29 is 17.6 Å². The van der Waals surface area contributed by atoms with E-state index in [0.29, 0.717) is 5.56 Å². The molecule has 7 nitrogen and oxygen atoms in total. The number of hydrogen-bond donors (Lipinski definition) is 1. The van der Waals surface area contributed by atoms with Crippen LogP contribution in [0.2, 0.25) is 0 Å². The van der Waals surface area contributed by atoms with Crippen LogP contribution in [0.5, 0.6) is 0 Å². The van der Waals surface area contributed by atoms with Gasteiger partial charge in [-0.15, -0.1) is 5.10 Å². The van der Waals surface area contributed by atoms with Crippen molar-refractivity contribution in [1.29, 1.82) is 0 Å². The highest BCUT2D eigenvalue weighted by atomic mass is 32.2. The van der Waals surface area contributed by atoms with Crippen molar-refractivity contribution in [3.05, 3.63) is 24.3 Å². The number of sulfone groups is 1. The largest absolute Gasteiger partial charge is 0.403 e. The summed E-state index contributed by atoms with van der Waals surface area (Å²) in [5.74, 6) is -0.220. The molecule has 0 aliphatic rings. The standard InChI is InChI=1S/C15H19N3O4S/c1-9(2)13(19)16-15-18-17-14(22-15)11-5-7-12(8-6-11)23(20,21)10(3)4/h5-10H,1-4H3,(H,16,18,19). The Labute approximate surface area is 135 Å². The van der Waals surface area contributed by atoms with Crippen LogP contribution in [0.4, 0.5) is 6.01 Å². The van der Waals surface area contributed by atoms with Gasteiger partial charge < -0.3 is 4.42 Å². The van der Waals surface area contributed by atoms with Crippen LogP contribution in [-0.2, 0) is 14.6 Å². The minimum absolute atomic E-state index is 0.0116. The van der Waals surface area contributed by atoms with Gasteiger partial charge in [-0.1, -0.05) is 18.9 Å². The smallest absolute Gasteiger partial charge is 0.322 e. The lowest BCUT2D eigenvalue weighted by atomic mass is 10.2. The van der Waals surface area contributed by atoms with Crippen molar-refractivity contribution in [2.24, 2.45) is 5.92 Å². The van der Waals surface area contributed by atoms with Gasteiger partial charge >= 0.3 is 6.01 Å². The predicted octanol–water partition coefficient (Wildman–Crippen LogP) is 2.51. The zero-order chi connectivity index (χ0) is 17.2. The number of carbonyl (C=O) groups is 1. The number of carbonyl (C=O) groups excluding carboxylic acids is 1. The summed E-state index contributed by atoms with van der Waals surface area (Å²) >= 11 is 0. The summed E-state index contributed by atoms with van der Waals surface area (Å²) in [6.07, 6.45) is 0. The molecule has 8 heteroatoms. The molecule has 1 N–H and O–H groups in total. The maximum absolute atomic E-state index is 12.1.